The van der Waals surface area contributed by atoms with E-state index in [4.69, 9.17) is 9.47 Å². The second kappa shape index (κ2) is 11.1. The third-order valence-electron chi connectivity index (χ3n) is 4.85. The Morgan fingerprint density at radius 3 is 2.44 bits per heavy atom. The zero-order valence-corrected chi connectivity index (χ0v) is 18.5. The van der Waals surface area contributed by atoms with Crippen molar-refractivity contribution in [2.24, 2.45) is 5.92 Å². The first kappa shape index (κ1) is 23.0. The number of rotatable bonds is 10. The third-order valence-corrected chi connectivity index (χ3v) is 4.85. The molecule has 1 atom stereocenters. The first-order valence-corrected chi connectivity index (χ1v) is 10.5. The van der Waals surface area contributed by atoms with E-state index >= 15 is 0 Å². The predicted octanol–water partition coefficient (Wildman–Crippen LogP) is 3.32. The number of fused-ring (bicyclic) bond motifs is 1. The standard InChI is InChI=1S/C24H28N4O4/c1-16(2)22(24(30)31-3)28-23-18-11-7-8-12-19(18)26-20(27-23)15-25-21(29)13-14-32-17-9-5-4-6-10-17/h4-12,16,22H,13-15H2,1-3H3,(H,25,29)(H,26,27,28)/t22-/m0/s1. The van der Waals surface area contributed by atoms with Crippen LogP contribution in [0.15, 0.2) is 54.6 Å². The number of para-hydroxylation sites is 2. The van der Waals surface area contributed by atoms with Gasteiger partial charge in [0, 0.05) is 5.39 Å². The van der Waals surface area contributed by atoms with Gasteiger partial charge in [-0.2, -0.15) is 0 Å². The highest BCUT2D eigenvalue weighted by atomic mass is 16.5. The maximum Gasteiger partial charge on any atom is 0.328 e. The summed E-state index contributed by atoms with van der Waals surface area (Å²) in [6.07, 6.45) is 0.214. The summed E-state index contributed by atoms with van der Waals surface area (Å²) in [6, 6.07) is 16.3. The lowest BCUT2D eigenvalue weighted by Crippen LogP contribution is -2.36. The molecule has 0 spiro atoms. The molecule has 168 valence electrons. The van der Waals surface area contributed by atoms with Gasteiger partial charge in [-0.1, -0.05) is 44.2 Å². The van der Waals surface area contributed by atoms with Crippen LogP contribution in [0.5, 0.6) is 5.75 Å². The van der Waals surface area contributed by atoms with Crippen molar-refractivity contribution in [2.75, 3.05) is 19.0 Å². The van der Waals surface area contributed by atoms with Crippen molar-refractivity contribution in [3.63, 3.8) is 0 Å². The van der Waals surface area contributed by atoms with Gasteiger partial charge in [0.2, 0.25) is 5.91 Å². The van der Waals surface area contributed by atoms with Gasteiger partial charge >= 0.3 is 5.97 Å². The molecule has 0 bridgehead atoms. The van der Waals surface area contributed by atoms with Crippen molar-refractivity contribution in [3.05, 3.63) is 60.4 Å². The Morgan fingerprint density at radius 2 is 1.72 bits per heavy atom. The molecule has 0 fully saturated rings. The number of methoxy groups -OCH3 is 1. The van der Waals surface area contributed by atoms with E-state index in [1.807, 2.05) is 68.4 Å². The van der Waals surface area contributed by atoms with Crippen molar-refractivity contribution in [1.29, 1.82) is 0 Å². The number of anilines is 1. The molecule has 2 aromatic carbocycles. The molecule has 8 nitrogen and oxygen atoms in total. The molecule has 0 aliphatic rings. The Kier molecular flexibility index (Phi) is 7.96. The summed E-state index contributed by atoms with van der Waals surface area (Å²) < 4.78 is 10.5. The summed E-state index contributed by atoms with van der Waals surface area (Å²) in [5, 5.41) is 6.80. The molecular weight excluding hydrogens is 408 g/mol. The number of esters is 1. The number of aromatic nitrogens is 2. The minimum Gasteiger partial charge on any atom is -0.493 e. The number of nitrogens with zero attached hydrogens (tertiary/aromatic N) is 2. The molecule has 0 radical (unpaired) electrons. The smallest absolute Gasteiger partial charge is 0.328 e. The van der Waals surface area contributed by atoms with E-state index in [1.165, 1.54) is 7.11 Å². The van der Waals surface area contributed by atoms with E-state index in [0.29, 0.717) is 17.2 Å². The topological polar surface area (TPSA) is 102 Å². The van der Waals surface area contributed by atoms with Crippen LogP contribution in [0.25, 0.3) is 10.9 Å². The van der Waals surface area contributed by atoms with Gasteiger partial charge in [0.05, 0.1) is 32.2 Å². The summed E-state index contributed by atoms with van der Waals surface area (Å²) in [5.74, 6) is 1.15. The molecule has 3 rings (SSSR count). The number of benzene rings is 2. The third kappa shape index (κ3) is 6.16. The maximum absolute atomic E-state index is 12.2. The van der Waals surface area contributed by atoms with Crippen LogP contribution >= 0.6 is 0 Å². The Balaban J connectivity index is 1.67. The van der Waals surface area contributed by atoms with Crippen LogP contribution in [0.2, 0.25) is 0 Å². The van der Waals surface area contributed by atoms with E-state index in [2.05, 4.69) is 20.6 Å². The number of hydrogen-bond acceptors (Lipinski definition) is 7. The van der Waals surface area contributed by atoms with Gasteiger partial charge in [0.15, 0.2) is 5.82 Å². The summed E-state index contributed by atoms with van der Waals surface area (Å²) in [4.78, 5) is 33.5. The second-order valence-electron chi connectivity index (χ2n) is 7.58. The van der Waals surface area contributed by atoms with Crippen LogP contribution in [0.1, 0.15) is 26.1 Å². The minimum atomic E-state index is -0.559. The zero-order valence-electron chi connectivity index (χ0n) is 18.5. The van der Waals surface area contributed by atoms with Gasteiger partial charge in [-0.05, 0) is 30.2 Å². The largest absolute Gasteiger partial charge is 0.493 e. The molecule has 2 N–H and O–H groups in total. The Morgan fingerprint density at radius 1 is 1.00 bits per heavy atom. The van der Waals surface area contributed by atoms with Gasteiger partial charge in [0.25, 0.3) is 0 Å². The van der Waals surface area contributed by atoms with Gasteiger partial charge < -0.3 is 20.1 Å². The number of nitrogens with one attached hydrogen (secondary N) is 2. The lowest BCUT2D eigenvalue weighted by Gasteiger charge is -2.21. The fraction of sp³-hybridized carbons (Fsp3) is 0.333. The first-order chi connectivity index (χ1) is 15.5. The summed E-state index contributed by atoms with van der Waals surface area (Å²) >= 11 is 0. The SMILES string of the molecule is COC(=O)[C@@H](Nc1nc(CNC(=O)CCOc2ccccc2)nc2ccccc12)C(C)C. The molecule has 0 aliphatic heterocycles. The van der Waals surface area contributed by atoms with E-state index in [-0.39, 0.29) is 37.4 Å². The van der Waals surface area contributed by atoms with Crippen LogP contribution in [0.4, 0.5) is 5.82 Å². The van der Waals surface area contributed by atoms with Crippen molar-refractivity contribution < 1.29 is 19.1 Å². The predicted molar refractivity (Wildman–Crippen MR) is 122 cm³/mol. The molecule has 0 aliphatic carbocycles. The van der Waals surface area contributed by atoms with Crippen molar-refractivity contribution in [1.82, 2.24) is 15.3 Å². The van der Waals surface area contributed by atoms with Crippen LogP contribution < -0.4 is 15.4 Å². The Labute approximate surface area is 187 Å². The van der Waals surface area contributed by atoms with Gasteiger partial charge in [-0.25, -0.2) is 14.8 Å². The van der Waals surface area contributed by atoms with E-state index in [9.17, 15) is 9.59 Å². The van der Waals surface area contributed by atoms with E-state index in [1.54, 1.807) is 0 Å². The van der Waals surface area contributed by atoms with E-state index < -0.39 is 6.04 Å². The highest BCUT2D eigenvalue weighted by molar-refractivity contribution is 5.91. The first-order valence-electron chi connectivity index (χ1n) is 10.5. The van der Waals surface area contributed by atoms with Gasteiger partial charge in [-0.3, -0.25) is 4.79 Å². The van der Waals surface area contributed by atoms with Gasteiger partial charge in [-0.15, -0.1) is 0 Å². The lowest BCUT2D eigenvalue weighted by atomic mass is 10.0. The number of hydrogen-bond donors (Lipinski definition) is 2. The Hall–Kier alpha value is -3.68. The molecule has 0 saturated carbocycles. The molecule has 1 amide bonds. The van der Waals surface area contributed by atoms with Crippen molar-refractivity contribution in [3.8, 4) is 5.75 Å². The Bertz CT molecular complexity index is 1060. The normalized spacial score (nSPS) is 11.8. The monoisotopic (exact) mass is 436 g/mol. The molecular formula is C24H28N4O4. The minimum absolute atomic E-state index is 0.0102. The zero-order chi connectivity index (χ0) is 22.9. The summed E-state index contributed by atoms with van der Waals surface area (Å²) in [7, 11) is 1.36. The number of carbonyl (C=O) groups is 2. The average molecular weight is 437 g/mol. The molecule has 3 aromatic rings. The van der Waals surface area contributed by atoms with Gasteiger partial charge in [0.1, 0.15) is 17.6 Å². The highest BCUT2D eigenvalue weighted by Gasteiger charge is 2.24. The average Bonchev–Trinajstić information content (AvgIpc) is 2.81. The number of ether oxygens (including phenoxy) is 2. The van der Waals surface area contributed by atoms with Crippen molar-refractivity contribution in [2.45, 2.75) is 32.9 Å². The molecule has 8 heteroatoms. The number of amides is 1. The lowest BCUT2D eigenvalue weighted by molar-refractivity contribution is -0.142. The van der Waals surface area contributed by atoms with Crippen LogP contribution in [-0.2, 0) is 20.9 Å². The van der Waals surface area contributed by atoms with Crippen molar-refractivity contribution >= 4 is 28.6 Å². The fourth-order valence-corrected chi connectivity index (χ4v) is 3.13. The molecule has 32 heavy (non-hydrogen) atoms. The summed E-state index contributed by atoms with van der Waals surface area (Å²) in [5.41, 5.74) is 0.717. The number of carbonyl (C=O) groups excluding carboxylic acids is 2. The quantitative estimate of drug-likeness (QED) is 0.470. The fourth-order valence-electron chi connectivity index (χ4n) is 3.13. The molecule has 0 saturated heterocycles. The van der Waals surface area contributed by atoms with Crippen LogP contribution in [0.3, 0.4) is 0 Å². The maximum atomic E-state index is 12.2. The van der Waals surface area contributed by atoms with E-state index in [0.717, 1.165) is 11.1 Å². The molecule has 1 aromatic heterocycles. The second-order valence-corrected chi connectivity index (χ2v) is 7.58. The molecule has 0 unspecified atom stereocenters. The van der Waals surface area contributed by atoms with Crippen LogP contribution in [-0.4, -0.2) is 41.6 Å². The molecule has 1 heterocycles. The van der Waals surface area contributed by atoms with Crippen LogP contribution in [0, 0.1) is 5.92 Å². The summed E-state index contributed by atoms with van der Waals surface area (Å²) in [6.45, 7) is 4.29. The highest BCUT2D eigenvalue weighted by Crippen LogP contribution is 2.22.